The lowest BCUT2D eigenvalue weighted by Gasteiger charge is -1.85. The molecule has 5 nitrogen and oxygen atoms in total. The Kier molecular flexibility index (Phi) is 11.8. The Morgan fingerprint density at radius 3 is 2.22 bits per heavy atom. The molecule has 0 radical (unpaired) electrons. The smallest absolute Gasteiger partial charge is 0.324 e. The summed E-state index contributed by atoms with van der Waals surface area (Å²) in [5, 5.41) is 5.40. The molecule has 0 aromatic carbocycles. The van der Waals surface area contributed by atoms with Crippen LogP contribution in [-0.4, -0.2) is 12.0 Å². The summed E-state index contributed by atoms with van der Waals surface area (Å²) in [4.78, 5) is 21.9. The second-order valence-electron chi connectivity index (χ2n) is 0.945. The second kappa shape index (κ2) is 9.94. The van der Waals surface area contributed by atoms with E-state index in [-0.39, 0.29) is 5.97 Å². The molecule has 9 heavy (non-hydrogen) atoms. The summed E-state index contributed by atoms with van der Waals surface area (Å²) in [6.45, 7) is 1.68. The third-order valence-corrected chi connectivity index (χ3v) is 0.420. The molecular formula is C4H8N2O3. The van der Waals surface area contributed by atoms with Crippen molar-refractivity contribution in [3.05, 3.63) is 0 Å². The summed E-state index contributed by atoms with van der Waals surface area (Å²) in [6, 6.07) is 0. The first-order valence-corrected chi connectivity index (χ1v) is 2.16. The Morgan fingerprint density at radius 1 is 1.89 bits per heavy atom. The number of hydrogen-bond donors (Lipinski definition) is 2. The number of nitrogens with one attached hydrogen (secondary N) is 1. The van der Waals surface area contributed by atoms with E-state index in [1.807, 2.05) is 0 Å². The van der Waals surface area contributed by atoms with Gasteiger partial charge in [0.25, 0.3) is 0 Å². The van der Waals surface area contributed by atoms with Crippen LogP contribution in [0.5, 0.6) is 0 Å². The molecule has 0 unspecified atom stereocenters. The molecular weight excluding hydrogens is 124 g/mol. The number of rotatable bonds is 1. The summed E-state index contributed by atoms with van der Waals surface area (Å²) in [5.41, 5.74) is 0. The van der Waals surface area contributed by atoms with E-state index in [1.165, 1.54) is 0 Å². The minimum atomic E-state index is -0.380. The summed E-state index contributed by atoms with van der Waals surface area (Å²) in [6.07, 6.45) is 1.09. The fourth-order valence-corrected chi connectivity index (χ4v) is 0.0833. The van der Waals surface area contributed by atoms with E-state index in [0.717, 1.165) is 6.08 Å². The highest BCUT2D eigenvalue weighted by Gasteiger charge is 1.88. The zero-order valence-corrected chi connectivity index (χ0v) is 5.01. The van der Waals surface area contributed by atoms with Crippen LogP contribution in [0.25, 0.3) is 0 Å². The van der Waals surface area contributed by atoms with Crippen LogP contribution in [0.1, 0.15) is 13.3 Å². The number of hydrogen-bond acceptors (Lipinski definition) is 5. The van der Waals surface area contributed by atoms with Gasteiger partial charge in [-0.05, 0) is 0 Å². The molecule has 5 heteroatoms. The molecule has 0 rings (SSSR count). The maximum Gasteiger partial charge on any atom is 0.324 e. The van der Waals surface area contributed by atoms with Crippen LogP contribution in [-0.2, 0) is 14.4 Å². The molecule has 0 aromatic rings. The van der Waals surface area contributed by atoms with Gasteiger partial charge in [-0.3, -0.25) is 4.79 Å². The molecule has 0 aliphatic heterocycles. The molecule has 0 amide bonds. The molecule has 0 fully saturated rings. The summed E-state index contributed by atoms with van der Waals surface area (Å²) >= 11 is 0. The second-order valence-corrected chi connectivity index (χ2v) is 0.945. The minimum absolute atomic E-state index is 0.344. The van der Waals surface area contributed by atoms with Crippen molar-refractivity contribution in [3.8, 4) is 0 Å². The van der Waals surface area contributed by atoms with Gasteiger partial charge in [0.1, 0.15) is 0 Å². The Morgan fingerprint density at radius 2 is 2.22 bits per heavy atom. The molecule has 0 bridgehead atoms. The molecule has 0 aromatic heterocycles. The first kappa shape index (κ1) is 10.7. The minimum Gasteiger partial charge on any atom is -0.373 e. The number of carbonyl (C=O) groups is 1. The van der Waals surface area contributed by atoms with Crippen molar-refractivity contribution in [1.82, 2.24) is 0 Å². The average molecular weight is 132 g/mol. The van der Waals surface area contributed by atoms with Gasteiger partial charge in [0, 0.05) is 6.42 Å². The lowest BCUT2D eigenvalue weighted by atomic mass is 10.5. The molecule has 52 valence electrons. The van der Waals surface area contributed by atoms with E-state index in [1.54, 1.807) is 6.92 Å². The van der Waals surface area contributed by atoms with Crippen LogP contribution in [0.3, 0.4) is 0 Å². The van der Waals surface area contributed by atoms with Gasteiger partial charge < -0.3 is 4.84 Å². The van der Waals surface area contributed by atoms with Gasteiger partial charge in [-0.1, -0.05) is 6.92 Å². The van der Waals surface area contributed by atoms with Crippen LogP contribution in [0.4, 0.5) is 0 Å². The van der Waals surface area contributed by atoms with E-state index in [9.17, 15) is 4.79 Å². The average Bonchev–Trinajstić information content (AvgIpc) is 1.88. The quantitative estimate of drug-likeness (QED) is 0.291. The predicted octanol–water partition coefficient (Wildman–Crippen LogP) is -0.286. The van der Waals surface area contributed by atoms with Gasteiger partial charge in [-0.15, -0.1) is 0 Å². The van der Waals surface area contributed by atoms with E-state index in [4.69, 9.17) is 10.2 Å². The predicted molar refractivity (Wildman–Crippen MR) is 29.0 cm³/mol. The van der Waals surface area contributed by atoms with Crippen LogP contribution >= 0.6 is 0 Å². The molecule has 0 spiro atoms. The highest BCUT2D eigenvalue weighted by Crippen LogP contribution is 1.73. The monoisotopic (exact) mass is 132 g/mol. The fourth-order valence-electron chi connectivity index (χ4n) is 0.0833. The summed E-state index contributed by atoms with van der Waals surface area (Å²) < 4.78 is 0. The van der Waals surface area contributed by atoms with Crippen LogP contribution in [0, 0.1) is 5.41 Å². The lowest BCUT2D eigenvalue weighted by Crippen LogP contribution is -2.07. The fraction of sp³-hybridized carbons (Fsp3) is 0.500. The third kappa shape index (κ3) is 20.0. The van der Waals surface area contributed by atoms with Crippen LogP contribution < -0.4 is 5.90 Å². The molecule has 0 aliphatic rings. The Labute approximate surface area is 52.3 Å². The van der Waals surface area contributed by atoms with Crippen molar-refractivity contribution >= 4 is 12.0 Å². The van der Waals surface area contributed by atoms with E-state index < -0.39 is 0 Å². The first-order chi connectivity index (χ1) is 4.22. The van der Waals surface area contributed by atoms with Gasteiger partial charge in [0.05, 0.1) is 0 Å². The molecule has 0 saturated heterocycles. The topological polar surface area (TPSA) is 93.2 Å². The van der Waals surface area contributed by atoms with Gasteiger partial charge in [0.2, 0.25) is 6.08 Å². The van der Waals surface area contributed by atoms with Gasteiger partial charge in [-0.25, -0.2) is 10.2 Å². The highest BCUT2D eigenvalue weighted by atomic mass is 16.7. The number of isocyanates is 1. The largest absolute Gasteiger partial charge is 0.373 e. The van der Waals surface area contributed by atoms with Gasteiger partial charge in [-0.2, -0.15) is 5.90 Å². The maximum absolute atomic E-state index is 9.83. The van der Waals surface area contributed by atoms with Gasteiger partial charge in [0.15, 0.2) is 0 Å². The van der Waals surface area contributed by atoms with E-state index in [2.05, 4.69) is 10.7 Å². The molecule has 0 saturated carbocycles. The van der Waals surface area contributed by atoms with Crippen molar-refractivity contribution in [2.45, 2.75) is 13.3 Å². The summed E-state index contributed by atoms with van der Waals surface area (Å²) in [7, 11) is 0. The third-order valence-electron chi connectivity index (χ3n) is 0.420. The Bertz CT molecular complexity index is 100. The van der Waals surface area contributed by atoms with Gasteiger partial charge >= 0.3 is 5.97 Å². The number of carbonyl (C=O) groups excluding carboxylic acids is 2. The zero-order chi connectivity index (χ0) is 7.70. The first-order valence-electron chi connectivity index (χ1n) is 2.16. The van der Waals surface area contributed by atoms with Crippen LogP contribution in [0.2, 0.25) is 0 Å². The summed E-state index contributed by atoms with van der Waals surface area (Å²) in [5.74, 6) is 4.05. The molecule has 0 atom stereocenters. The zero-order valence-electron chi connectivity index (χ0n) is 5.01. The molecule has 0 heterocycles. The molecule has 3 N–H and O–H groups in total. The van der Waals surface area contributed by atoms with Crippen molar-refractivity contribution in [3.63, 3.8) is 0 Å². The van der Waals surface area contributed by atoms with E-state index >= 15 is 0 Å². The highest BCUT2D eigenvalue weighted by molar-refractivity contribution is 5.68. The van der Waals surface area contributed by atoms with E-state index in [0.29, 0.717) is 6.42 Å². The Hall–Kier alpha value is -1.19. The molecule has 0 aliphatic carbocycles. The SMILES string of the molecule is CCC(=O)ON.N=C=O. The standard InChI is InChI=1S/C3H7NO2.CHNO/c1-2-3(5)6-4;2-1-3/h2,4H2,1H3;2H. The van der Waals surface area contributed by atoms with Crippen molar-refractivity contribution in [2.75, 3.05) is 0 Å². The normalized spacial score (nSPS) is 6.00. The Balaban J connectivity index is 0. The number of nitrogens with two attached hydrogens (primary N) is 1. The van der Waals surface area contributed by atoms with Crippen LogP contribution in [0.15, 0.2) is 0 Å². The van der Waals surface area contributed by atoms with Crippen molar-refractivity contribution < 1.29 is 14.4 Å². The maximum atomic E-state index is 9.83. The van der Waals surface area contributed by atoms with Crippen molar-refractivity contribution in [2.24, 2.45) is 5.90 Å². The lowest BCUT2D eigenvalue weighted by molar-refractivity contribution is -0.143. The van der Waals surface area contributed by atoms with Crippen molar-refractivity contribution in [1.29, 1.82) is 5.41 Å².